The Morgan fingerprint density at radius 2 is 2.26 bits per heavy atom. The molecule has 0 unspecified atom stereocenters. The van der Waals surface area contributed by atoms with E-state index in [0.717, 1.165) is 44.1 Å². The number of amides is 2. The first-order chi connectivity index (χ1) is 11.2. The highest BCUT2D eigenvalue weighted by Gasteiger charge is 2.59. The maximum atomic E-state index is 12.2. The Hall–Kier alpha value is -1.63. The lowest BCUT2D eigenvalue weighted by Crippen LogP contribution is -2.68. The lowest BCUT2D eigenvalue weighted by atomic mass is 9.51. The minimum absolute atomic E-state index is 0.105. The quantitative estimate of drug-likeness (QED) is 0.859. The topological polar surface area (TPSA) is 81.1 Å². The zero-order valence-electron chi connectivity index (χ0n) is 13.7. The Kier molecular flexibility index (Phi) is 3.75. The van der Waals surface area contributed by atoms with Crippen LogP contribution >= 0.6 is 0 Å². The molecule has 1 aromatic heterocycles. The largest absolute Gasteiger partial charge is 0.378 e. The van der Waals surface area contributed by atoms with Crippen LogP contribution < -0.4 is 10.6 Å². The summed E-state index contributed by atoms with van der Waals surface area (Å²) in [6, 6.07) is 0.142. The summed E-state index contributed by atoms with van der Waals surface area (Å²) in [4.78, 5) is 12.2. The van der Waals surface area contributed by atoms with Crippen molar-refractivity contribution in [3.05, 3.63) is 11.6 Å². The van der Waals surface area contributed by atoms with E-state index in [1.807, 2.05) is 6.92 Å². The van der Waals surface area contributed by atoms with E-state index in [1.165, 1.54) is 19.3 Å². The molecule has 2 saturated carbocycles. The Balaban J connectivity index is 1.29. The molecule has 0 bridgehead atoms. The number of hydrogen-bond acceptors (Lipinski definition) is 4. The highest BCUT2D eigenvalue weighted by Crippen LogP contribution is 2.57. The van der Waals surface area contributed by atoms with E-state index in [9.17, 15) is 4.79 Å². The second-order valence-electron chi connectivity index (χ2n) is 6.93. The molecule has 2 atom stereocenters. The number of aryl methyl sites for hydroxylation is 1. The van der Waals surface area contributed by atoms with Gasteiger partial charge in [-0.25, -0.2) is 4.79 Å². The molecule has 126 valence electrons. The highest BCUT2D eigenvalue weighted by atomic mass is 16.5. The molecule has 1 aliphatic heterocycles. The molecule has 2 heterocycles. The van der Waals surface area contributed by atoms with Gasteiger partial charge >= 0.3 is 6.03 Å². The number of nitrogens with zero attached hydrogens (tertiary/aromatic N) is 3. The van der Waals surface area contributed by atoms with Crippen LogP contribution in [0.4, 0.5) is 4.79 Å². The van der Waals surface area contributed by atoms with Crippen molar-refractivity contribution < 1.29 is 9.53 Å². The number of fused-ring (bicyclic) bond motifs is 1. The normalized spacial score (nSPS) is 27.2. The monoisotopic (exact) mass is 319 g/mol. The van der Waals surface area contributed by atoms with Crippen LogP contribution in [0, 0.1) is 5.41 Å². The van der Waals surface area contributed by atoms with Gasteiger partial charge < -0.3 is 19.9 Å². The van der Waals surface area contributed by atoms with Gasteiger partial charge in [0, 0.05) is 31.0 Å². The summed E-state index contributed by atoms with van der Waals surface area (Å²) in [6.07, 6.45) is 6.94. The first kappa shape index (κ1) is 14.9. The number of carbonyl (C=O) groups excluding carboxylic acids is 1. The molecule has 2 fully saturated rings. The van der Waals surface area contributed by atoms with Gasteiger partial charge in [-0.3, -0.25) is 0 Å². The lowest BCUT2D eigenvalue weighted by Gasteiger charge is -2.60. The molecule has 23 heavy (non-hydrogen) atoms. The van der Waals surface area contributed by atoms with Crippen LogP contribution in [0.2, 0.25) is 0 Å². The van der Waals surface area contributed by atoms with Gasteiger partial charge in [-0.05, 0) is 32.6 Å². The van der Waals surface area contributed by atoms with E-state index in [0.29, 0.717) is 12.6 Å². The van der Waals surface area contributed by atoms with Crippen molar-refractivity contribution in [2.24, 2.45) is 5.41 Å². The van der Waals surface area contributed by atoms with E-state index >= 15 is 0 Å². The lowest BCUT2D eigenvalue weighted by molar-refractivity contribution is -0.169. The number of rotatable bonds is 5. The van der Waals surface area contributed by atoms with Gasteiger partial charge in [0.05, 0.1) is 12.6 Å². The maximum Gasteiger partial charge on any atom is 0.315 e. The molecule has 3 aliphatic rings. The second kappa shape index (κ2) is 5.78. The molecule has 7 heteroatoms. The molecule has 2 amide bonds. The summed E-state index contributed by atoms with van der Waals surface area (Å²) in [5.74, 6) is 1.89. The van der Waals surface area contributed by atoms with Gasteiger partial charge in [0.15, 0.2) is 5.82 Å². The van der Waals surface area contributed by atoms with Gasteiger partial charge in [0.2, 0.25) is 0 Å². The Morgan fingerprint density at radius 3 is 3.00 bits per heavy atom. The van der Waals surface area contributed by atoms with Crippen molar-refractivity contribution in [2.75, 3.05) is 6.61 Å². The fourth-order valence-corrected chi connectivity index (χ4v) is 4.35. The van der Waals surface area contributed by atoms with Crippen LogP contribution in [-0.4, -0.2) is 39.5 Å². The van der Waals surface area contributed by atoms with Crippen LogP contribution in [0.25, 0.3) is 0 Å². The number of aromatic nitrogens is 3. The zero-order valence-corrected chi connectivity index (χ0v) is 13.7. The minimum Gasteiger partial charge on any atom is -0.378 e. The summed E-state index contributed by atoms with van der Waals surface area (Å²) >= 11 is 0. The van der Waals surface area contributed by atoms with Crippen molar-refractivity contribution in [1.29, 1.82) is 0 Å². The van der Waals surface area contributed by atoms with Gasteiger partial charge in [-0.15, -0.1) is 10.2 Å². The van der Waals surface area contributed by atoms with E-state index in [1.54, 1.807) is 0 Å². The molecule has 1 spiro atoms. The first-order valence-electron chi connectivity index (χ1n) is 8.80. The molecular weight excluding hydrogens is 294 g/mol. The average Bonchev–Trinajstić information content (AvgIpc) is 3.05. The fraction of sp³-hybridized carbons (Fsp3) is 0.812. The van der Waals surface area contributed by atoms with E-state index in [2.05, 4.69) is 25.4 Å². The van der Waals surface area contributed by atoms with Gasteiger partial charge in [0.1, 0.15) is 5.82 Å². The number of ether oxygens (including phenoxy) is 1. The van der Waals surface area contributed by atoms with Crippen LogP contribution in [-0.2, 0) is 24.2 Å². The summed E-state index contributed by atoms with van der Waals surface area (Å²) < 4.78 is 7.94. The summed E-state index contributed by atoms with van der Waals surface area (Å²) in [5.41, 5.74) is 0.198. The van der Waals surface area contributed by atoms with Crippen LogP contribution in [0.5, 0.6) is 0 Å². The van der Waals surface area contributed by atoms with Crippen molar-refractivity contribution in [3.8, 4) is 0 Å². The predicted molar refractivity (Wildman–Crippen MR) is 83.8 cm³/mol. The average molecular weight is 319 g/mol. The first-order valence-corrected chi connectivity index (χ1v) is 8.80. The minimum atomic E-state index is -0.105. The molecule has 7 nitrogen and oxygen atoms in total. The zero-order chi connectivity index (χ0) is 15.9. The Bertz CT molecular complexity index is 595. The maximum absolute atomic E-state index is 12.2. The molecule has 1 aromatic rings. The van der Waals surface area contributed by atoms with Crippen LogP contribution in [0.15, 0.2) is 0 Å². The SMILES string of the molecule is CCO[C@@H]1C[C@@H](NC(=O)NCc2nnc3n2CCC3)C12CCC2. The molecular formula is C16H25N5O2. The molecule has 0 radical (unpaired) electrons. The van der Waals surface area contributed by atoms with Gasteiger partial charge in [0.25, 0.3) is 0 Å². The Labute approximate surface area is 136 Å². The van der Waals surface area contributed by atoms with Crippen LogP contribution in [0.1, 0.15) is 50.7 Å². The number of carbonyl (C=O) groups is 1. The van der Waals surface area contributed by atoms with E-state index in [-0.39, 0.29) is 17.5 Å². The second-order valence-corrected chi connectivity index (χ2v) is 6.93. The number of urea groups is 1. The molecule has 2 aliphatic carbocycles. The Morgan fingerprint density at radius 1 is 1.39 bits per heavy atom. The summed E-state index contributed by atoms with van der Waals surface area (Å²) in [7, 11) is 0. The number of nitrogens with one attached hydrogen (secondary N) is 2. The highest BCUT2D eigenvalue weighted by molar-refractivity contribution is 5.74. The van der Waals surface area contributed by atoms with Crippen molar-refractivity contribution in [1.82, 2.24) is 25.4 Å². The molecule has 4 rings (SSSR count). The smallest absolute Gasteiger partial charge is 0.315 e. The van der Waals surface area contributed by atoms with Crippen molar-refractivity contribution in [3.63, 3.8) is 0 Å². The summed E-state index contributed by atoms with van der Waals surface area (Å²) in [6.45, 7) is 4.19. The number of hydrogen-bond donors (Lipinski definition) is 2. The van der Waals surface area contributed by atoms with Crippen molar-refractivity contribution in [2.45, 2.75) is 70.7 Å². The molecule has 2 N–H and O–H groups in total. The van der Waals surface area contributed by atoms with Gasteiger partial charge in [-0.2, -0.15) is 0 Å². The van der Waals surface area contributed by atoms with Crippen molar-refractivity contribution >= 4 is 6.03 Å². The third-order valence-corrected chi connectivity index (χ3v) is 5.84. The molecule has 0 aromatic carbocycles. The third kappa shape index (κ3) is 2.41. The third-order valence-electron chi connectivity index (χ3n) is 5.84. The predicted octanol–water partition coefficient (Wildman–Crippen LogP) is 1.37. The molecule has 0 saturated heterocycles. The van der Waals surface area contributed by atoms with E-state index in [4.69, 9.17) is 4.74 Å². The summed E-state index contributed by atoms with van der Waals surface area (Å²) in [5, 5.41) is 14.4. The standard InChI is InChI=1S/C16H25N5O2/c1-2-23-12-9-11(16(12)6-4-7-16)18-15(22)17-10-14-20-19-13-5-3-8-21(13)14/h11-12H,2-10H2,1H3,(H2,17,18,22)/t11-,12-/m1/s1. The van der Waals surface area contributed by atoms with Crippen LogP contribution in [0.3, 0.4) is 0 Å². The fourth-order valence-electron chi connectivity index (χ4n) is 4.35. The van der Waals surface area contributed by atoms with Gasteiger partial charge in [-0.1, -0.05) is 6.42 Å². The van der Waals surface area contributed by atoms with E-state index < -0.39 is 0 Å².